The lowest BCUT2D eigenvalue weighted by atomic mass is 10.1. The van der Waals surface area contributed by atoms with Crippen LogP contribution in [0, 0.1) is 5.82 Å². The average molecular weight is 403 g/mol. The quantitative estimate of drug-likeness (QED) is 0.758. The second-order valence-electron chi connectivity index (χ2n) is 7.13. The van der Waals surface area contributed by atoms with Gasteiger partial charge in [-0.3, -0.25) is 4.79 Å². The standard InChI is InChI=1S/C22H27FN2O4/c1-27-19-7-5-18(23)14-17(19)15-24-8-10-25(11-9-24)22(26)13-16-4-6-20(28-2)21(12-16)29-3/h4-7,12,14H,8-11,13,15H2,1-3H3/p+1. The fourth-order valence-corrected chi connectivity index (χ4v) is 3.68. The van der Waals surface area contributed by atoms with Crippen molar-refractivity contribution in [2.45, 2.75) is 13.0 Å². The number of ether oxygens (including phenoxy) is 3. The highest BCUT2D eigenvalue weighted by Gasteiger charge is 2.25. The summed E-state index contributed by atoms with van der Waals surface area (Å²) in [6.45, 7) is 3.67. The van der Waals surface area contributed by atoms with Crippen LogP contribution < -0.4 is 19.1 Å². The number of carbonyl (C=O) groups is 1. The molecule has 1 saturated heterocycles. The summed E-state index contributed by atoms with van der Waals surface area (Å²) in [6.07, 6.45) is 0.327. The van der Waals surface area contributed by atoms with Gasteiger partial charge in [0, 0.05) is 0 Å². The van der Waals surface area contributed by atoms with Crippen molar-refractivity contribution in [2.24, 2.45) is 0 Å². The van der Waals surface area contributed by atoms with E-state index in [9.17, 15) is 9.18 Å². The highest BCUT2D eigenvalue weighted by molar-refractivity contribution is 5.79. The van der Waals surface area contributed by atoms with Crippen LogP contribution in [0.2, 0.25) is 0 Å². The van der Waals surface area contributed by atoms with Crippen molar-refractivity contribution < 1.29 is 28.3 Å². The Bertz CT molecular complexity index is 851. The van der Waals surface area contributed by atoms with Gasteiger partial charge < -0.3 is 24.0 Å². The number of hydrogen-bond donors (Lipinski definition) is 1. The Hall–Kier alpha value is -2.80. The molecule has 2 aromatic rings. The maximum Gasteiger partial charge on any atom is 0.227 e. The number of nitrogens with zero attached hydrogens (tertiary/aromatic N) is 1. The predicted molar refractivity (Wildman–Crippen MR) is 107 cm³/mol. The Morgan fingerprint density at radius 3 is 2.28 bits per heavy atom. The van der Waals surface area contributed by atoms with Crippen molar-refractivity contribution in [1.82, 2.24) is 4.90 Å². The summed E-state index contributed by atoms with van der Waals surface area (Å²) in [6, 6.07) is 10.1. The molecule has 29 heavy (non-hydrogen) atoms. The zero-order valence-electron chi connectivity index (χ0n) is 17.2. The van der Waals surface area contributed by atoms with Crippen molar-refractivity contribution in [3.8, 4) is 17.2 Å². The fraction of sp³-hybridized carbons (Fsp3) is 0.409. The lowest BCUT2D eigenvalue weighted by Crippen LogP contribution is -3.13. The monoisotopic (exact) mass is 403 g/mol. The molecule has 0 atom stereocenters. The van der Waals surface area contributed by atoms with Gasteiger partial charge in [-0.1, -0.05) is 6.07 Å². The van der Waals surface area contributed by atoms with Gasteiger partial charge in [0.15, 0.2) is 11.5 Å². The van der Waals surface area contributed by atoms with Gasteiger partial charge in [0.25, 0.3) is 0 Å². The molecule has 6 nitrogen and oxygen atoms in total. The van der Waals surface area contributed by atoms with Crippen molar-refractivity contribution in [3.63, 3.8) is 0 Å². The van der Waals surface area contributed by atoms with E-state index in [4.69, 9.17) is 14.2 Å². The molecule has 1 aliphatic rings. The molecule has 7 heteroatoms. The summed E-state index contributed by atoms with van der Waals surface area (Å²) in [5.74, 6) is 1.80. The predicted octanol–water partition coefficient (Wildman–Crippen LogP) is 1.32. The molecule has 1 N–H and O–H groups in total. The van der Waals surface area contributed by atoms with Crippen LogP contribution in [0.1, 0.15) is 11.1 Å². The van der Waals surface area contributed by atoms with Gasteiger partial charge in [-0.2, -0.15) is 0 Å². The van der Waals surface area contributed by atoms with Gasteiger partial charge in [0.2, 0.25) is 5.91 Å². The van der Waals surface area contributed by atoms with Crippen LogP contribution in [0.5, 0.6) is 17.2 Å². The number of amides is 1. The molecule has 0 unspecified atom stereocenters. The minimum Gasteiger partial charge on any atom is -0.496 e. The first kappa shape index (κ1) is 20.9. The lowest BCUT2D eigenvalue weighted by molar-refractivity contribution is -0.917. The molecular weight excluding hydrogens is 375 g/mol. The molecule has 0 bridgehead atoms. The van der Waals surface area contributed by atoms with Crippen molar-refractivity contribution >= 4 is 5.91 Å². The number of methoxy groups -OCH3 is 3. The second kappa shape index (κ2) is 9.60. The number of nitrogens with one attached hydrogen (secondary N) is 1. The highest BCUT2D eigenvalue weighted by Crippen LogP contribution is 2.27. The Morgan fingerprint density at radius 1 is 0.966 bits per heavy atom. The van der Waals surface area contributed by atoms with E-state index in [2.05, 4.69) is 0 Å². The normalized spacial score (nSPS) is 14.6. The lowest BCUT2D eigenvalue weighted by Gasteiger charge is -2.32. The van der Waals surface area contributed by atoms with Gasteiger partial charge in [-0.05, 0) is 35.9 Å². The summed E-state index contributed by atoms with van der Waals surface area (Å²) in [7, 11) is 4.76. The molecule has 3 rings (SSSR count). The molecule has 0 aliphatic carbocycles. The topological polar surface area (TPSA) is 52.4 Å². The van der Waals surface area contributed by atoms with Crippen molar-refractivity contribution in [3.05, 3.63) is 53.3 Å². The number of piperazine rings is 1. The molecule has 1 heterocycles. The van der Waals surface area contributed by atoms with E-state index >= 15 is 0 Å². The van der Waals surface area contributed by atoms with Crippen LogP contribution in [-0.2, 0) is 17.8 Å². The zero-order valence-corrected chi connectivity index (χ0v) is 17.2. The van der Waals surface area contributed by atoms with Crippen molar-refractivity contribution in [1.29, 1.82) is 0 Å². The van der Waals surface area contributed by atoms with Gasteiger partial charge in [-0.25, -0.2) is 4.39 Å². The summed E-state index contributed by atoms with van der Waals surface area (Å²) >= 11 is 0. The van der Waals surface area contributed by atoms with E-state index in [0.29, 0.717) is 43.3 Å². The molecule has 0 aromatic heterocycles. The van der Waals surface area contributed by atoms with Gasteiger partial charge in [0.05, 0.1) is 59.5 Å². The third-order valence-electron chi connectivity index (χ3n) is 5.31. The molecule has 1 amide bonds. The number of rotatable bonds is 7. The van der Waals surface area contributed by atoms with Crippen LogP contribution in [0.25, 0.3) is 0 Å². The van der Waals surface area contributed by atoms with Crippen LogP contribution in [0.4, 0.5) is 4.39 Å². The zero-order chi connectivity index (χ0) is 20.8. The maximum absolute atomic E-state index is 13.6. The molecule has 0 saturated carbocycles. The van der Waals surface area contributed by atoms with Crippen LogP contribution in [0.3, 0.4) is 0 Å². The molecular formula is C22H28FN2O4+. The third-order valence-corrected chi connectivity index (χ3v) is 5.31. The second-order valence-corrected chi connectivity index (χ2v) is 7.13. The highest BCUT2D eigenvalue weighted by atomic mass is 19.1. The number of carbonyl (C=O) groups excluding carboxylic acids is 1. The van der Waals surface area contributed by atoms with E-state index in [-0.39, 0.29) is 11.7 Å². The Labute approximate surface area is 170 Å². The molecule has 0 radical (unpaired) electrons. The van der Waals surface area contributed by atoms with Crippen LogP contribution in [0.15, 0.2) is 36.4 Å². The minimum atomic E-state index is -0.260. The first-order valence-corrected chi connectivity index (χ1v) is 9.68. The maximum atomic E-state index is 13.6. The summed E-state index contributed by atoms with van der Waals surface area (Å²) in [5.41, 5.74) is 1.75. The van der Waals surface area contributed by atoms with E-state index in [1.807, 2.05) is 23.1 Å². The largest absolute Gasteiger partial charge is 0.496 e. The van der Waals surface area contributed by atoms with Crippen molar-refractivity contribution in [2.75, 3.05) is 47.5 Å². The third kappa shape index (κ3) is 5.17. The first-order chi connectivity index (χ1) is 14.0. The SMILES string of the molecule is COc1ccc(F)cc1C[NH+]1CCN(C(=O)Cc2ccc(OC)c(OC)c2)CC1. The van der Waals surface area contributed by atoms with Gasteiger partial charge >= 0.3 is 0 Å². The number of benzene rings is 2. The number of hydrogen-bond acceptors (Lipinski definition) is 4. The molecule has 2 aromatic carbocycles. The van der Waals surface area contributed by atoms with E-state index in [1.54, 1.807) is 27.4 Å². The van der Waals surface area contributed by atoms with Crippen LogP contribution >= 0.6 is 0 Å². The first-order valence-electron chi connectivity index (χ1n) is 9.68. The summed E-state index contributed by atoms with van der Waals surface area (Å²) in [4.78, 5) is 15.9. The van der Waals surface area contributed by atoms with E-state index < -0.39 is 0 Å². The Morgan fingerprint density at radius 2 is 1.62 bits per heavy atom. The Kier molecular flexibility index (Phi) is 6.93. The smallest absolute Gasteiger partial charge is 0.227 e. The molecule has 156 valence electrons. The van der Waals surface area contributed by atoms with E-state index in [0.717, 1.165) is 24.2 Å². The number of halogens is 1. The Balaban J connectivity index is 1.55. The summed E-state index contributed by atoms with van der Waals surface area (Å²) < 4.78 is 29.5. The molecule has 1 aliphatic heterocycles. The minimum absolute atomic E-state index is 0.0969. The number of quaternary nitrogens is 1. The van der Waals surface area contributed by atoms with Gasteiger partial charge in [-0.15, -0.1) is 0 Å². The fourth-order valence-electron chi connectivity index (χ4n) is 3.68. The summed E-state index contributed by atoms with van der Waals surface area (Å²) in [5, 5.41) is 0. The molecule has 0 spiro atoms. The van der Waals surface area contributed by atoms with Crippen LogP contribution in [-0.4, -0.2) is 58.3 Å². The van der Waals surface area contributed by atoms with E-state index in [1.165, 1.54) is 17.0 Å². The average Bonchev–Trinajstić information content (AvgIpc) is 2.74. The van der Waals surface area contributed by atoms with Gasteiger partial charge in [0.1, 0.15) is 18.1 Å². The molecule has 1 fully saturated rings.